The van der Waals surface area contributed by atoms with Crippen LogP contribution < -0.4 is 10.1 Å². The molecule has 0 aliphatic heterocycles. The van der Waals surface area contributed by atoms with Gasteiger partial charge in [-0.15, -0.1) is 0 Å². The number of ether oxygens (including phenoxy) is 1. The Morgan fingerprint density at radius 2 is 1.85 bits per heavy atom. The Morgan fingerprint density at radius 3 is 2.50 bits per heavy atom. The third-order valence-corrected chi connectivity index (χ3v) is 4.68. The number of benzene rings is 1. The maximum Gasteiger partial charge on any atom is 0.118 e. The molecule has 20 heavy (non-hydrogen) atoms. The summed E-state index contributed by atoms with van der Waals surface area (Å²) in [6.45, 7) is 7.07. The monoisotopic (exact) mass is 275 g/mol. The average molecular weight is 275 g/mol. The van der Waals surface area contributed by atoms with E-state index in [1.54, 1.807) is 7.11 Å². The zero-order valence-corrected chi connectivity index (χ0v) is 13.4. The molecule has 1 fully saturated rings. The number of methoxy groups -OCH3 is 1. The summed E-state index contributed by atoms with van der Waals surface area (Å²) in [4.78, 5) is 0. The normalized spacial score (nSPS) is 23.9. The van der Waals surface area contributed by atoms with Crippen molar-refractivity contribution in [1.29, 1.82) is 0 Å². The summed E-state index contributed by atoms with van der Waals surface area (Å²) in [6, 6.07) is 9.49. The summed E-state index contributed by atoms with van der Waals surface area (Å²) < 4.78 is 5.22. The Morgan fingerprint density at radius 1 is 1.15 bits per heavy atom. The molecule has 2 rings (SSSR count). The molecule has 1 aliphatic carbocycles. The van der Waals surface area contributed by atoms with Crippen molar-refractivity contribution in [3.05, 3.63) is 29.8 Å². The van der Waals surface area contributed by atoms with Crippen LogP contribution in [0.25, 0.3) is 0 Å². The van der Waals surface area contributed by atoms with Crippen molar-refractivity contribution in [3.63, 3.8) is 0 Å². The highest BCUT2D eigenvalue weighted by atomic mass is 16.5. The molecule has 0 aromatic heterocycles. The molecule has 0 heterocycles. The molecule has 0 radical (unpaired) electrons. The first kappa shape index (κ1) is 15.4. The lowest BCUT2D eigenvalue weighted by atomic mass is 9.85. The van der Waals surface area contributed by atoms with Crippen LogP contribution in [0.1, 0.15) is 64.5 Å². The van der Waals surface area contributed by atoms with Gasteiger partial charge in [0.1, 0.15) is 5.75 Å². The van der Waals surface area contributed by atoms with E-state index < -0.39 is 0 Å². The first-order chi connectivity index (χ1) is 9.50. The molecule has 0 amide bonds. The predicted octanol–water partition coefficient (Wildman–Crippen LogP) is 4.70. The Labute approximate surface area is 123 Å². The summed E-state index contributed by atoms with van der Waals surface area (Å²) in [7, 11) is 1.71. The molecular formula is C18H29NO. The minimum Gasteiger partial charge on any atom is -0.497 e. The molecule has 1 aromatic rings. The van der Waals surface area contributed by atoms with Crippen molar-refractivity contribution in [2.45, 2.75) is 65.0 Å². The van der Waals surface area contributed by atoms with E-state index >= 15 is 0 Å². The third kappa shape index (κ3) is 4.24. The maximum absolute atomic E-state index is 5.22. The average Bonchev–Trinajstić information content (AvgIpc) is 2.60. The fourth-order valence-corrected chi connectivity index (χ4v) is 3.17. The summed E-state index contributed by atoms with van der Waals surface area (Å²) >= 11 is 0. The van der Waals surface area contributed by atoms with Crippen LogP contribution in [0.15, 0.2) is 24.3 Å². The Kier molecular flexibility index (Phi) is 5.09. The van der Waals surface area contributed by atoms with E-state index in [4.69, 9.17) is 4.74 Å². The second kappa shape index (κ2) is 6.62. The van der Waals surface area contributed by atoms with Gasteiger partial charge in [-0.1, -0.05) is 32.4 Å². The minimum absolute atomic E-state index is 0.409. The van der Waals surface area contributed by atoms with Crippen molar-refractivity contribution in [1.82, 2.24) is 5.32 Å². The van der Waals surface area contributed by atoms with Gasteiger partial charge in [0.25, 0.3) is 0 Å². The SMILES string of the molecule is COc1ccc(C(C)NC2CCCC(C)(C)CC2)cc1. The van der Waals surface area contributed by atoms with Gasteiger partial charge in [-0.05, 0) is 55.7 Å². The van der Waals surface area contributed by atoms with Crippen LogP contribution in [0.2, 0.25) is 0 Å². The predicted molar refractivity (Wildman–Crippen MR) is 85.2 cm³/mol. The smallest absolute Gasteiger partial charge is 0.118 e. The van der Waals surface area contributed by atoms with Crippen LogP contribution in [0.4, 0.5) is 0 Å². The lowest BCUT2D eigenvalue weighted by Crippen LogP contribution is -2.31. The first-order valence-corrected chi connectivity index (χ1v) is 7.90. The van der Waals surface area contributed by atoms with Crippen LogP contribution in [-0.4, -0.2) is 13.2 Å². The van der Waals surface area contributed by atoms with E-state index in [2.05, 4.69) is 38.2 Å². The maximum atomic E-state index is 5.22. The molecule has 1 saturated carbocycles. The third-order valence-electron chi connectivity index (χ3n) is 4.68. The van der Waals surface area contributed by atoms with E-state index in [-0.39, 0.29) is 0 Å². The number of rotatable bonds is 4. The van der Waals surface area contributed by atoms with Gasteiger partial charge in [0, 0.05) is 12.1 Å². The number of nitrogens with one attached hydrogen (secondary N) is 1. The molecular weight excluding hydrogens is 246 g/mol. The molecule has 0 saturated heterocycles. The largest absolute Gasteiger partial charge is 0.497 e. The molecule has 1 aliphatic rings. The van der Waals surface area contributed by atoms with E-state index in [1.165, 1.54) is 37.7 Å². The molecule has 2 heteroatoms. The van der Waals surface area contributed by atoms with E-state index in [0.29, 0.717) is 17.5 Å². The molecule has 0 spiro atoms. The standard InChI is InChI=1S/C18H29NO/c1-14(15-7-9-17(20-4)10-8-15)19-16-6-5-12-18(2,3)13-11-16/h7-10,14,16,19H,5-6,11-13H2,1-4H3. The molecule has 2 atom stereocenters. The van der Waals surface area contributed by atoms with Crippen LogP contribution >= 0.6 is 0 Å². The van der Waals surface area contributed by atoms with E-state index in [1.807, 2.05) is 12.1 Å². The lowest BCUT2D eigenvalue weighted by Gasteiger charge is -2.24. The van der Waals surface area contributed by atoms with Gasteiger partial charge in [0.2, 0.25) is 0 Å². The summed E-state index contributed by atoms with van der Waals surface area (Å²) in [6.07, 6.45) is 6.65. The second-order valence-corrected chi connectivity index (χ2v) is 6.95. The minimum atomic E-state index is 0.409. The molecule has 0 bridgehead atoms. The molecule has 1 N–H and O–H groups in total. The number of hydrogen-bond acceptors (Lipinski definition) is 2. The van der Waals surface area contributed by atoms with Gasteiger partial charge in [0.05, 0.1) is 7.11 Å². The highest BCUT2D eigenvalue weighted by Gasteiger charge is 2.25. The van der Waals surface area contributed by atoms with Crippen molar-refractivity contribution in [2.24, 2.45) is 5.41 Å². The van der Waals surface area contributed by atoms with Gasteiger partial charge < -0.3 is 10.1 Å². The molecule has 1 aromatic carbocycles. The number of hydrogen-bond donors (Lipinski definition) is 1. The zero-order chi connectivity index (χ0) is 14.6. The van der Waals surface area contributed by atoms with Crippen molar-refractivity contribution >= 4 is 0 Å². The van der Waals surface area contributed by atoms with Crippen LogP contribution in [0.5, 0.6) is 5.75 Å². The summed E-state index contributed by atoms with van der Waals surface area (Å²) in [5, 5.41) is 3.81. The van der Waals surface area contributed by atoms with Gasteiger partial charge in [-0.3, -0.25) is 0 Å². The van der Waals surface area contributed by atoms with Crippen LogP contribution in [0.3, 0.4) is 0 Å². The van der Waals surface area contributed by atoms with Crippen molar-refractivity contribution in [2.75, 3.05) is 7.11 Å². The summed E-state index contributed by atoms with van der Waals surface area (Å²) in [5.41, 5.74) is 1.87. The topological polar surface area (TPSA) is 21.3 Å². The molecule has 2 unspecified atom stereocenters. The fraction of sp³-hybridized carbons (Fsp3) is 0.667. The van der Waals surface area contributed by atoms with Gasteiger partial charge in [-0.25, -0.2) is 0 Å². The highest BCUT2D eigenvalue weighted by molar-refractivity contribution is 5.28. The van der Waals surface area contributed by atoms with Gasteiger partial charge >= 0.3 is 0 Å². The fourth-order valence-electron chi connectivity index (χ4n) is 3.17. The van der Waals surface area contributed by atoms with Crippen molar-refractivity contribution < 1.29 is 4.74 Å². The van der Waals surface area contributed by atoms with E-state index in [9.17, 15) is 0 Å². The van der Waals surface area contributed by atoms with Gasteiger partial charge in [0.15, 0.2) is 0 Å². The van der Waals surface area contributed by atoms with Crippen LogP contribution in [-0.2, 0) is 0 Å². The first-order valence-electron chi connectivity index (χ1n) is 7.90. The van der Waals surface area contributed by atoms with E-state index in [0.717, 1.165) is 5.75 Å². The highest BCUT2D eigenvalue weighted by Crippen LogP contribution is 2.34. The second-order valence-electron chi connectivity index (χ2n) is 6.95. The molecule has 2 nitrogen and oxygen atoms in total. The lowest BCUT2D eigenvalue weighted by molar-refractivity contribution is 0.307. The van der Waals surface area contributed by atoms with Crippen LogP contribution in [0, 0.1) is 5.41 Å². The Balaban J connectivity index is 1.91. The van der Waals surface area contributed by atoms with Gasteiger partial charge in [-0.2, -0.15) is 0 Å². The molecule has 112 valence electrons. The Bertz CT molecular complexity index is 410. The quantitative estimate of drug-likeness (QED) is 0.804. The van der Waals surface area contributed by atoms with Crippen molar-refractivity contribution in [3.8, 4) is 5.75 Å². The summed E-state index contributed by atoms with van der Waals surface area (Å²) in [5.74, 6) is 0.928. The zero-order valence-electron chi connectivity index (χ0n) is 13.4. The Hall–Kier alpha value is -1.02.